The lowest BCUT2D eigenvalue weighted by molar-refractivity contribution is -0.141. The first-order valence-corrected chi connectivity index (χ1v) is 9.79. The number of sulfonamides is 1. The molecule has 1 saturated heterocycles. The van der Waals surface area contributed by atoms with Crippen molar-refractivity contribution < 1.29 is 23.1 Å². The Bertz CT molecular complexity index is 492. The van der Waals surface area contributed by atoms with Gasteiger partial charge in [0, 0.05) is 12.6 Å². The molecule has 2 aliphatic rings. The van der Waals surface area contributed by atoms with Crippen LogP contribution in [0.25, 0.3) is 0 Å². The van der Waals surface area contributed by atoms with Crippen molar-refractivity contribution in [2.75, 3.05) is 19.0 Å². The van der Waals surface area contributed by atoms with E-state index in [-0.39, 0.29) is 23.6 Å². The number of carboxylic acid groups (broad SMARTS) is 1. The van der Waals surface area contributed by atoms with E-state index in [0.717, 1.165) is 25.7 Å². The molecule has 6 nitrogen and oxygen atoms in total. The molecule has 2 rings (SSSR count). The van der Waals surface area contributed by atoms with E-state index in [1.54, 1.807) is 0 Å². The van der Waals surface area contributed by atoms with Crippen LogP contribution in [-0.4, -0.2) is 54.8 Å². The van der Waals surface area contributed by atoms with Crippen LogP contribution < -0.4 is 0 Å². The van der Waals surface area contributed by atoms with Crippen LogP contribution in [0.15, 0.2) is 0 Å². The van der Waals surface area contributed by atoms with Gasteiger partial charge < -0.3 is 9.84 Å². The van der Waals surface area contributed by atoms with Crippen molar-refractivity contribution in [3.63, 3.8) is 0 Å². The van der Waals surface area contributed by atoms with Crippen molar-refractivity contribution in [2.24, 2.45) is 11.8 Å². The molecule has 1 N–H and O–H groups in total. The molecular formula is C15H27NO5S. The molecule has 2 fully saturated rings. The average molecular weight is 333 g/mol. The molecule has 1 aliphatic carbocycles. The van der Waals surface area contributed by atoms with Gasteiger partial charge in [0.15, 0.2) is 0 Å². The van der Waals surface area contributed by atoms with E-state index < -0.39 is 22.0 Å². The second-order valence-electron chi connectivity index (χ2n) is 6.57. The smallest absolute Gasteiger partial charge is 0.322 e. The third-order valence-corrected chi connectivity index (χ3v) is 6.89. The van der Waals surface area contributed by atoms with E-state index in [4.69, 9.17) is 4.74 Å². The van der Waals surface area contributed by atoms with Gasteiger partial charge in [0.05, 0.1) is 12.4 Å². The molecule has 4 unspecified atom stereocenters. The summed E-state index contributed by atoms with van der Waals surface area (Å²) in [5.74, 6) is -0.996. The topological polar surface area (TPSA) is 83.9 Å². The van der Waals surface area contributed by atoms with Gasteiger partial charge in [-0.1, -0.05) is 19.8 Å². The first-order chi connectivity index (χ1) is 10.4. The van der Waals surface area contributed by atoms with Gasteiger partial charge in [-0.25, -0.2) is 8.42 Å². The molecular weight excluding hydrogens is 306 g/mol. The lowest BCUT2D eigenvalue weighted by atomic mass is 9.85. The predicted molar refractivity (Wildman–Crippen MR) is 83.1 cm³/mol. The van der Waals surface area contributed by atoms with Crippen molar-refractivity contribution in [3.8, 4) is 0 Å². The predicted octanol–water partition coefficient (Wildman–Crippen LogP) is 1.71. The molecule has 0 bridgehead atoms. The van der Waals surface area contributed by atoms with Crippen molar-refractivity contribution in [1.29, 1.82) is 0 Å². The number of rotatable bonds is 7. The van der Waals surface area contributed by atoms with Gasteiger partial charge in [0.25, 0.3) is 0 Å². The Morgan fingerprint density at radius 1 is 1.36 bits per heavy atom. The molecule has 0 amide bonds. The highest BCUT2D eigenvalue weighted by atomic mass is 32.2. The molecule has 128 valence electrons. The van der Waals surface area contributed by atoms with E-state index >= 15 is 0 Å². The number of carboxylic acids is 1. The van der Waals surface area contributed by atoms with Crippen LogP contribution in [0.1, 0.15) is 46.0 Å². The monoisotopic (exact) mass is 333 g/mol. The fourth-order valence-corrected chi connectivity index (χ4v) is 6.08. The number of nitrogens with zero attached hydrogens (tertiary/aromatic N) is 1. The highest BCUT2D eigenvalue weighted by molar-refractivity contribution is 7.89. The Morgan fingerprint density at radius 3 is 2.68 bits per heavy atom. The molecule has 1 saturated carbocycles. The Labute approximate surface area is 132 Å². The zero-order valence-corrected chi connectivity index (χ0v) is 14.2. The second kappa shape index (κ2) is 7.27. The molecule has 0 radical (unpaired) electrons. The van der Waals surface area contributed by atoms with Crippen molar-refractivity contribution in [2.45, 2.75) is 58.0 Å². The molecule has 0 aromatic heterocycles. The van der Waals surface area contributed by atoms with E-state index in [2.05, 4.69) is 0 Å². The molecule has 0 aromatic carbocycles. The number of hydrogen-bond acceptors (Lipinski definition) is 4. The Kier molecular flexibility index (Phi) is 5.85. The van der Waals surface area contributed by atoms with Crippen LogP contribution in [0.3, 0.4) is 0 Å². The van der Waals surface area contributed by atoms with Gasteiger partial charge >= 0.3 is 5.97 Å². The number of ether oxygens (including phenoxy) is 1. The van der Waals surface area contributed by atoms with Crippen LogP contribution in [0.4, 0.5) is 0 Å². The number of carbonyl (C=O) groups is 1. The van der Waals surface area contributed by atoms with Gasteiger partial charge in [-0.15, -0.1) is 0 Å². The van der Waals surface area contributed by atoms with Gasteiger partial charge in [-0.3, -0.25) is 4.79 Å². The highest BCUT2D eigenvalue weighted by Gasteiger charge is 2.50. The van der Waals surface area contributed by atoms with Crippen LogP contribution in [0, 0.1) is 11.8 Å². The van der Waals surface area contributed by atoms with Crippen LogP contribution >= 0.6 is 0 Å². The second-order valence-corrected chi connectivity index (χ2v) is 8.49. The Hall–Kier alpha value is -0.660. The first kappa shape index (κ1) is 17.7. The third-order valence-electron chi connectivity index (χ3n) is 4.74. The molecule has 22 heavy (non-hydrogen) atoms. The zero-order chi connectivity index (χ0) is 16.3. The largest absolute Gasteiger partial charge is 0.480 e. The van der Waals surface area contributed by atoms with Gasteiger partial charge in [-0.2, -0.15) is 4.31 Å². The standard InChI is InChI=1S/C15H27NO5S/c1-3-21-9-11(2)10-22(19,20)16-13-7-5-4-6-12(13)8-14(16)15(17)18/h11-14H,3-10H2,1-2H3,(H,17,18). The molecule has 1 aliphatic heterocycles. The summed E-state index contributed by atoms with van der Waals surface area (Å²) in [7, 11) is -3.58. The SMILES string of the molecule is CCOCC(C)CS(=O)(=O)N1C(C(=O)O)CC2CCCCC21. The quantitative estimate of drug-likeness (QED) is 0.767. The highest BCUT2D eigenvalue weighted by Crippen LogP contribution is 2.41. The zero-order valence-electron chi connectivity index (χ0n) is 13.4. The summed E-state index contributed by atoms with van der Waals surface area (Å²) in [4.78, 5) is 11.5. The molecule has 4 atom stereocenters. The van der Waals surface area contributed by atoms with E-state index in [1.807, 2.05) is 13.8 Å². The lowest BCUT2D eigenvalue weighted by Gasteiger charge is -2.32. The van der Waals surface area contributed by atoms with Crippen LogP contribution in [0.5, 0.6) is 0 Å². The Morgan fingerprint density at radius 2 is 2.05 bits per heavy atom. The van der Waals surface area contributed by atoms with Crippen LogP contribution in [0.2, 0.25) is 0 Å². The summed E-state index contributed by atoms with van der Waals surface area (Å²) in [6, 6.07) is -1.02. The van der Waals surface area contributed by atoms with Gasteiger partial charge in [-0.05, 0) is 38.0 Å². The third kappa shape index (κ3) is 3.81. The fourth-order valence-electron chi connectivity index (χ4n) is 3.84. The Balaban J connectivity index is 2.16. The average Bonchev–Trinajstić information content (AvgIpc) is 2.85. The van der Waals surface area contributed by atoms with Gasteiger partial charge in [0.1, 0.15) is 6.04 Å². The van der Waals surface area contributed by atoms with Crippen molar-refractivity contribution in [3.05, 3.63) is 0 Å². The molecule has 1 heterocycles. The van der Waals surface area contributed by atoms with E-state index in [9.17, 15) is 18.3 Å². The maximum atomic E-state index is 12.8. The normalized spacial score (nSPS) is 30.9. The number of fused-ring (bicyclic) bond motifs is 1. The van der Waals surface area contributed by atoms with E-state index in [0.29, 0.717) is 19.6 Å². The summed E-state index contributed by atoms with van der Waals surface area (Å²) in [5, 5.41) is 9.44. The molecule has 7 heteroatoms. The summed E-state index contributed by atoms with van der Waals surface area (Å²) < 4.78 is 32.2. The summed E-state index contributed by atoms with van der Waals surface area (Å²) in [6.45, 7) is 4.64. The minimum absolute atomic E-state index is 0.0417. The lowest BCUT2D eigenvalue weighted by Crippen LogP contribution is -2.48. The van der Waals surface area contributed by atoms with Crippen molar-refractivity contribution >= 4 is 16.0 Å². The van der Waals surface area contributed by atoms with Crippen molar-refractivity contribution in [1.82, 2.24) is 4.31 Å². The fraction of sp³-hybridized carbons (Fsp3) is 0.933. The number of aliphatic carboxylic acids is 1. The number of hydrogen-bond donors (Lipinski definition) is 1. The maximum Gasteiger partial charge on any atom is 0.322 e. The van der Waals surface area contributed by atoms with Crippen LogP contribution in [-0.2, 0) is 19.6 Å². The molecule has 0 spiro atoms. The summed E-state index contributed by atoms with van der Waals surface area (Å²) in [6.07, 6.45) is 4.23. The summed E-state index contributed by atoms with van der Waals surface area (Å²) >= 11 is 0. The first-order valence-electron chi connectivity index (χ1n) is 8.18. The minimum atomic E-state index is -3.58. The molecule has 0 aromatic rings. The summed E-state index contributed by atoms with van der Waals surface area (Å²) in [5.41, 5.74) is 0. The van der Waals surface area contributed by atoms with Gasteiger partial charge in [0.2, 0.25) is 10.0 Å². The minimum Gasteiger partial charge on any atom is -0.480 e. The maximum absolute atomic E-state index is 12.8. The van der Waals surface area contributed by atoms with E-state index in [1.165, 1.54) is 4.31 Å².